The second kappa shape index (κ2) is 10.3. The lowest BCUT2D eigenvalue weighted by Crippen LogP contribution is -2.63. The fourth-order valence-corrected chi connectivity index (χ4v) is 6.69. The molecule has 2 aliphatic carbocycles. The van der Waals surface area contributed by atoms with E-state index in [-0.39, 0.29) is 22.8 Å². The SMILES string of the molecule is O=C(NCCCc1ccncc1)[C@@H]1CC12CCN(C(=O)C1(N3CCOCC3)CCCCC1)CC2. The van der Waals surface area contributed by atoms with Gasteiger partial charge in [-0.1, -0.05) is 19.3 Å². The van der Waals surface area contributed by atoms with Gasteiger partial charge in [0.15, 0.2) is 0 Å². The van der Waals surface area contributed by atoms with Gasteiger partial charge in [-0.2, -0.15) is 0 Å². The summed E-state index contributed by atoms with van der Waals surface area (Å²) in [6.07, 6.45) is 13.9. The normalized spacial score (nSPS) is 26.2. The third-order valence-electron chi connectivity index (χ3n) is 8.94. The van der Waals surface area contributed by atoms with Crippen LogP contribution in [0.4, 0.5) is 0 Å². The molecule has 0 radical (unpaired) electrons. The summed E-state index contributed by atoms with van der Waals surface area (Å²) < 4.78 is 5.58. The highest BCUT2D eigenvalue weighted by Gasteiger charge is 2.59. The molecule has 4 aliphatic rings. The van der Waals surface area contributed by atoms with Crippen LogP contribution in [0.25, 0.3) is 0 Å². The zero-order chi connectivity index (χ0) is 23.4. The molecule has 0 aromatic carbocycles. The predicted molar refractivity (Wildman–Crippen MR) is 130 cm³/mol. The Morgan fingerprint density at radius 2 is 1.71 bits per heavy atom. The Hall–Kier alpha value is -1.99. The van der Waals surface area contributed by atoms with Gasteiger partial charge in [0, 0.05) is 51.0 Å². The number of aryl methyl sites for hydroxylation is 1. The summed E-state index contributed by atoms with van der Waals surface area (Å²) in [6.45, 7) is 5.53. The van der Waals surface area contributed by atoms with Crippen molar-refractivity contribution in [1.82, 2.24) is 20.1 Å². The van der Waals surface area contributed by atoms with E-state index in [0.717, 1.165) is 104 Å². The maximum Gasteiger partial charge on any atom is 0.243 e. The average Bonchev–Trinajstić information content (AvgIpc) is 3.61. The molecule has 0 bridgehead atoms. The average molecular weight is 469 g/mol. The number of nitrogens with zero attached hydrogens (tertiary/aromatic N) is 3. The molecule has 2 saturated heterocycles. The molecule has 0 unspecified atom stereocenters. The Morgan fingerprint density at radius 3 is 2.41 bits per heavy atom. The van der Waals surface area contributed by atoms with Crippen LogP contribution >= 0.6 is 0 Å². The summed E-state index contributed by atoms with van der Waals surface area (Å²) in [5, 5.41) is 3.17. The molecule has 4 fully saturated rings. The molecular weight excluding hydrogens is 428 g/mol. The molecule has 186 valence electrons. The zero-order valence-corrected chi connectivity index (χ0v) is 20.5. The first-order chi connectivity index (χ1) is 16.6. The lowest BCUT2D eigenvalue weighted by atomic mass is 9.78. The van der Waals surface area contributed by atoms with Gasteiger partial charge in [0.2, 0.25) is 11.8 Å². The molecule has 2 saturated carbocycles. The summed E-state index contributed by atoms with van der Waals surface area (Å²) in [7, 11) is 0. The summed E-state index contributed by atoms with van der Waals surface area (Å²) in [5.74, 6) is 0.696. The van der Waals surface area contributed by atoms with Gasteiger partial charge in [0.1, 0.15) is 5.54 Å². The van der Waals surface area contributed by atoms with Gasteiger partial charge in [0.05, 0.1) is 13.2 Å². The predicted octanol–water partition coefficient (Wildman–Crippen LogP) is 2.79. The van der Waals surface area contributed by atoms with Crippen LogP contribution in [0.1, 0.15) is 63.4 Å². The number of ether oxygens (including phenoxy) is 1. The van der Waals surface area contributed by atoms with Crippen LogP contribution in [0.15, 0.2) is 24.5 Å². The van der Waals surface area contributed by atoms with Crippen LogP contribution in [0.2, 0.25) is 0 Å². The number of pyridine rings is 1. The van der Waals surface area contributed by atoms with Crippen LogP contribution in [0, 0.1) is 11.3 Å². The molecule has 5 rings (SSSR count). The molecule has 1 N–H and O–H groups in total. The van der Waals surface area contributed by atoms with E-state index in [1.54, 1.807) is 0 Å². The van der Waals surface area contributed by atoms with Gasteiger partial charge >= 0.3 is 0 Å². The molecule has 1 atom stereocenters. The smallest absolute Gasteiger partial charge is 0.243 e. The second-order valence-electron chi connectivity index (χ2n) is 10.9. The van der Waals surface area contributed by atoms with Crippen molar-refractivity contribution >= 4 is 11.8 Å². The quantitative estimate of drug-likeness (QED) is 0.623. The molecule has 1 spiro atoms. The molecule has 2 amide bonds. The summed E-state index contributed by atoms with van der Waals surface area (Å²) >= 11 is 0. The van der Waals surface area contributed by atoms with Gasteiger partial charge in [0.25, 0.3) is 0 Å². The molecule has 3 heterocycles. The number of hydrogen-bond acceptors (Lipinski definition) is 5. The Labute approximate surface area is 203 Å². The monoisotopic (exact) mass is 468 g/mol. The minimum absolute atomic E-state index is 0.130. The Balaban J connectivity index is 1.10. The Kier molecular flexibility index (Phi) is 7.21. The van der Waals surface area contributed by atoms with Crippen LogP contribution in [-0.4, -0.2) is 78.1 Å². The van der Waals surface area contributed by atoms with Crippen molar-refractivity contribution in [2.24, 2.45) is 11.3 Å². The number of likely N-dealkylation sites (tertiary alicyclic amines) is 1. The number of hydrogen-bond donors (Lipinski definition) is 1. The van der Waals surface area contributed by atoms with Crippen molar-refractivity contribution < 1.29 is 14.3 Å². The van der Waals surface area contributed by atoms with E-state index in [0.29, 0.717) is 5.91 Å². The minimum atomic E-state index is -0.318. The number of piperidine rings is 1. The molecule has 7 heteroatoms. The lowest BCUT2D eigenvalue weighted by Gasteiger charge is -2.49. The Bertz CT molecular complexity index is 841. The fourth-order valence-electron chi connectivity index (χ4n) is 6.69. The van der Waals surface area contributed by atoms with Crippen molar-refractivity contribution in [2.45, 2.75) is 69.7 Å². The third-order valence-corrected chi connectivity index (χ3v) is 8.94. The number of carbonyl (C=O) groups is 2. The van der Waals surface area contributed by atoms with E-state index in [4.69, 9.17) is 4.74 Å². The highest BCUT2D eigenvalue weighted by atomic mass is 16.5. The largest absolute Gasteiger partial charge is 0.379 e. The van der Waals surface area contributed by atoms with Gasteiger partial charge in [-0.3, -0.25) is 19.5 Å². The van der Waals surface area contributed by atoms with Crippen molar-refractivity contribution in [3.05, 3.63) is 30.1 Å². The first-order valence-corrected chi connectivity index (χ1v) is 13.4. The highest BCUT2D eigenvalue weighted by Crippen LogP contribution is 2.59. The second-order valence-corrected chi connectivity index (χ2v) is 10.9. The number of aromatic nitrogens is 1. The van der Waals surface area contributed by atoms with E-state index >= 15 is 0 Å². The van der Waals surface area contributed by atoms with Gasteiger partial charge in [-0.05, 0) is 68.1 Å². The maximum absolute atomic E-state index is 13.9. The molecule has 1 aromatic rings. The molecule has 2 aliphatic heterocycles. The first-order valence-electron chi connectivity index (χ1n) is 13.4. The molecular formula is C27H40N4O3. The van der Waals surface area contributed by atoms with E-state index in [9.17, 15) is 9.59 Å². The van der Waals surface area contributed by atoms with Crippen molar-refractivity contribution in [3.63, 3.8) is 0 Å². The standard InChI is InChI=1S/C27H40N4O3/c32-24(29-12-4-5-22-6-13-28-14-7-22)23-21-26(23)10-15-30(16-11-26)25(33)27(8-2-1-3-9-27)31-17-19-34-20-18-31/h6-7,13-14,23H,1-5,8-12,15-21H2,(H,29,32)/t23-/m0/s1. The third kappa shape index (κ3) is 4.87. The van der Waals surface area contributed by atoms with Crippen molar-refractivity contribution in [3.8, 4) is 0 Å². The zero-order valence-electron chi connectivity index (χ0n) is 20.5. The van der Waals surface area contributed by atoms with E-state index < -0.39 is 0 Å². The highest BCUT2D eigenvalue weighted by molar-refractivity contribution is 5.87. The van der Waals surface area contributed by atoms with Gasteiger partial charge < -0.3 is 15.0 Å². The molecule has 34 heavy (non-hydrogen) atoms. The summed E-state index contributed by atoms with van der Waals surface area (Å²) in [4.78, 5) is 35.3. The van der Waals surface area contributed by atoms with E-state index in [1.165, 1.54) is 12.0 Å². The molecule has 1 aromatic heterocycles. The van der Waals surface area contributed by atoms with Crippen LogP contribution in [0.3, 0.4) is 0 Å². The summed E-state index contributed by atoms with van der Waals surface area (Å²) in [5.41, 5.74) is 1.07. The van der Waals surface area contributed by atoms with E-state index in [2.05, 4.69) is 20.1 Å². The first kappa shape index (κ1) is 23.7. The van der Waals surface area contributed by atoms with E-state index in [1.807, 2.05) is 24.5 Å². The van der Waals surface area contributed by atoms with Crippen LogP contribution < -0.4 is 5.32 Å². The lowest BCUT2D eigenvalue weighted by molar-refractivity contribution is -0.153. The number of amides is 2. The van der Waals surface area contributed by atoms with Crippen molar-refractivity contribution in [1.29, 1.82) is 0 Å². The number of rotatable bonds is 7. The van der Waals surface area contributed by atoms with Crippen LogP contribution in [-0.2, 0) is 20.7 Å². The van der Waals surface area contributed by atoms with Crippen LogP contribution in [0.5, 0.6) is 0 Å². The van der Waals surface area contributed by atoms with Gasteiger partial charge in [-0.25, -0.2) is 0 Å². The number of nitrogens with one attached hydrogen (secondary N) is 1. The van der Waals surface area contributed by atoms with Crippen molar-refractivity contribution in [2.75, 3.05) is 45.9 Å². The minimum Gasteiger partial charge on any atom is -0.379 e. The summed E-state index contributed by atoms with van der Waals surface area (Å²) in [6, 6.07) is 4.06. The Morgan fingerprint density at radius 1 is 1.00 bits per heavy atom. The number of carbonyl (C=O) groups excluding carboxylic acids is 2. The maximum atomic E-state index is 13.9. The fraction of sp³-hybridized carbons (Fsp3) is 0.741. The van der Waals surface area contributed by atoms with Gasteiger partial charge in [-0.15, -0.1) is 0 Å². The molecule has 7 nitrogen and oxygen atoms in total. The topological polar surface area (TPSA) is 74.8 Å². The number of morpholine rings is 1.